The van der Waals surface area contributed by atoms with Crippen molar-refractivity contribution in [1.29, 1.82) is 0 Å². The van der Waals surface area contributed by atoms with E-state index < -0.39 is 22.0 Å². The molecule has 194 valence electrons. The van der Waals surface area contributed by atoms with Gasteiger partial charge >= 0.3 is 5.97 Å². The van der Waals surface area contributed by atoms with E-state index in [1.807, 2.05) is 6.08 Å². The summed E-state index contributed by atoms with van der Waals surface area (Å²) in [5, 5.41) is 21.2. The molecule has 1 aromatic carbocycles. The van der Waals surface area contributed by atoms with Crippen molar-refractivity contribution in [2.45, 2.75) is 88.2 Å². The monoisotopic (exact) mass is 504 g/mol. The number of allylic oxidation sites excluding steroid dienone is 2. The first kappa shape index (κ1) is 27.6. The zero-order chi connectivity index (χ0) is 25.4. The molecule has 1 fully saturated rings. The molecule has 3 rings (SSSR count). The van der Waals surface area contributed by atoms with Gasteiger partial charge in [-0.3, -0.25) is 4.79 Å². The number of esters is 1. The van der Waals surface area contributed by atoms with Crippen LogP contribution in [0.2, 0.25) is 0 Å². The fraction of sp³-hybridized carbons (Fsp3) is 0.607. The Kier molecular flexibility index (Phi) is 10.1. The predicted octanol–water partition coefficient (Wildman–Crippen LogP) is 4.96. The maximum atomic E-state index is 13.7. The fourth-order valence-electron chi connectivity index (χ4n) is 5.65. The lowest BCUT2D eigenvalue weighted by Gasteiger charge is -2.19. The number of hydrogen-bond donors (Lipinski definition) is 2. The molecule has 0 aliphatic heterocycles. The summed E-state index contributed by atoms with van der Waals surface area (Å²) in [5.41, 5.74) is 0.919. The number of unbranched alkanes of at least 4 members (excludes halogenated alkanes) is 3. The summed E-state index contributed by atoms with van der Waals surface area (Å²) in [7, 11) is -2.32. The number of aliphatic hydroxyl groups excluding tert-OH is 2. The minimum absolute atomic E-state index is 0.00631. The molecule has 0 saturated heterocycles. The minimum Gasteiger partial charge on any atom is -0.469 e. The summed E-state index contributed by atoms with van der Waals surface area (Å²) in [6.07, 6.45) is 9.62. The maximum absolute atomic E-state index is 13.7. The van der Waals surface area contributed by atoms with Crippen LogP contribution in [0.1, 0.15) is 71.1 Å². The highest BCUT2D eigenvalue weighted by atomic mass is 32.2. The third kappa shape index (κ3) is 6.83. The van der Waals surface area contributed by atoms with Crippen LogP contribution in [-0.2, 0) is 19.4 Å². The van der Waals surface area contributed by atoms with Crippen LogP contribution in [0.25, 0.3) is 0 Å². The topological polar surface area (TPSA) is 101 Å². The van der Waals surface area contributed by atoms with E-state index in [2.05, 4.69) is 6.92 Å². The highest BCUT2D eigenvalue weighted by Gasteiger charge is 2.50. The quantitative estimate of drug-likeness (QED) is 0.224. The van der Waals surface area contributed by atoms with Crippen molar-refractivity contribution >= 4 is 15.8 Å². The lowest BCUT2D eigenvalue weighted by molar-refractivity contribution is -0.140. The van der Waals surface area contributed by atoms with Gasteiger partial charge in [-0.05, 0) is 56.6 Å². The first-order chi connectivity index (χ1) is 16.8. The average Bonchev–Trinajstić information content (AvgIpc) is 3.35. The van der Waals surface area contributed by atoms with Crippen LogP contribution in [0.4, 0.5) is 0 Å². The lowest BCUT2D eigenvalue weighted by atomic mass is 9.88. The summed E-state index contributed by atoms with van der Waals surface area (Å²) < 4.78 is 32.2. The first-order valence-corrected chi connectivity index (χ1v) is 14.4. The maximum Gasteiger partial charge on any atom is 0.305 e. The van der Waals surface area contributed by atoms with Gasteiger partial charge in [-0.25, -0.2) is 8.42 Å². The number of benzene rings is 1. The molecule has 0 radical (unpaired) electrons. The van der Waals surface area contributed by atoms with E-state index in [0.29, 0.717) is 49.9 Å². The normalized spacial score (nSPS) is 25.3. The summed E-state index contributed by atoms with van der Waals surface area (Å²) in [6, 6.07) is 8.50. The Morgan fingerprint density at radius 1 is 1.17 bits per heavy atom. The van der Waals surface area contributed by atoms with Crippen molar-refractivity contribution in [3.63, 3.8) is 0 Å². The number of hydrogen-bond acceptors (Lipinski definition) is 6. The number of rotatable bonds is 13. The molecule has 6 nitrogen and oxygen atoms in total. The molecule has 0 aromatic heterocycles. The molecule has 2 aliphatic carbocycles. The van der Waals surface area contributed by atoms with Crippen molar-refractivity contribution in [2.24, 2.45) is 17.8 Å². The van der Waals surface area contributed by atoms with E-state index in [1.165, 1.54) is 7.11 Å². The van der Waals surface area contributed by atoms with Crippen LogP contribution in [0.5, 0.6) is 0 Å². The van der Waals surface area contributed by atoms with E-state index in [9.17, 15) is 23.4 Å². The van der Waals surface area contributed by atoms with Gasteiger partial charge in [-0.15, -0.1) is 0 Å². The van der Waals surface area contributed by atoms with Gasteiger partial charge in [-0.2, -0.15) is 0 Å². The summed E-state index contributed by atoms with van der Waals surface area (Å²) in [6.45, 7) is 2.12. The highest BCUT2D eigenvalue weighted by Crippen LogP contribution is 2.54. The number of ether oxygens (including phenoxy) is 1. The van der Waals surface area contributed by atoms with Crippen LogP contribution >= 0.6 is 0 Å². The largest absolute Gasteiger partial charge is 0.469 e. The number of methoxy groups -OCH3 is 1. The van der Waals surface area contributed by atoms with Gasteiger partial charge < -0.3 is 14.9 Å². The lowest BCUT2D eigenvalue weighted by Crippen LogP contribution is -2.18. The van der Waals surface area contributed by atoms with Crippen molar-refractivity contribution < 1.29 is 28.2 Å². The van der Waals surface area contributed by atoms with Gasteiger partial charge in [0.1, 0.15) is 0 Å². The molecule has 2 N–H and O–H groups in total. The summed E-state index contributed by atoms with van der Waals surface area (Å²) >= 11 is 0. The minimum atomic E-state index is -3.69. The molecule has 0 bridgehead atoms. The van der Waals surface area contributed by atoms with Gasteiger partial charge in [-0.1, -0.05) is 62.1 Å². The number of carbonyl (C=O) groups is 1. The molecule has 0 amide bonds. The second kappa shape index (κ2) is 12.8. The third-order valence-corrected chi connectivity index (χ3v) is 9.52. The first-order valence-electron chi connectivity index (χ1n) is 12.9. The Hall–Kier alpha value is -1.96. The van der Waals surface area contributed by atoms with Gasteiger partial charge in [0.25, 0.3) is 0 Å². The van der Waals surface area contributed by atoms with E-state index in [-0.39, 0.29) is 28.6 Å². The Morgan fingerprint density at radius 3 is 2.60 bits per heavy atom. The summed E-state index contributed by atoms with van der Waals surface area (Å²) in [4.78, 5) is 12.2. The van der Waals surface area contributed by atoms with Crippen LogP contribution in [0, 0.1) is 17.8 Å². The SMILES string of the molecule is CCCCC[C@H](O)/C=C/[C@H]1[C@@H]2CC(CCCCC(=O)OC)=C(S(=O)(=O)c3ccccc3)[C@H]2C[C@H]1O. The number of aliphatic hydroxyl groups is 2. The van der Waals surface area contributed by atoms with Gasteiger partial charge in [0, 0.05) is 18.3 Å². The van der Waals surface area contributed by atoms with Crippen LogP contribution in [-0.4, -0.2) is 43.9 Å². The van der Waals surface area contributed by atoms with E-state index in [4.69, 9.17) is 4.74 Å². The van der Waals surface area contributed by atoms with Crippen molar-refractivity contribution in [1.82, 2.24) is 0 Å². The van der Waals surface area contributed by atoms with Crippen molar-refractivity contribution in [3.05, 3.63) is 53.0 Å². The average molecular weight is 505 g/mol. The molecule has 5 atom stereocenters. The Labute approximate surface area is 210 Å². The zero-order valence-corrected chi connectivity index (χ0v) is 21.8. The number of sulfone groups is 1. The molecule has 0 heterocycles. The molecule has 2 aliphatic rings. The van der Waals surface area contributed by atoms with Gasteiger partial charge in [0.15, 0.2) is 0 Å². The summed E-state index contributed by atoms with van der Waals surface area (Å²) in [5.74, 6) is -0.689. The predicted molar refractivity (Wildman–Crippen MR) is 136 cm³/mol. The Balaban J connectivity index is 1.81. The number of fused-ring (bicyclic) bond motifs is 1. The van der Waals surface area contributed by atoms with Crippen molar-refractivity contribution in [2.75, 3.05) is 7.11 Å². The van der Waals surface area contributed by atoms with Crippen LogP contribution in [0.3, 0.4) is 0 Å². The molecule has 0 unspecified atom stereocenters. The Morgan fingerprint density at radius 2 is 1.91 bits per heavy atom. The molecule has 1 aromatic rings. The van der Waals surface area contributed by atoms with Crippen molar-refractivity contribution in [3.8, 4) is 0 Å². The van der Waals surface area contributed by atoms with Gasteiger partial charge in [0.2, 0.25) is 9.84 Å². The molecule has 7 heteroatoms. The zero-order valence-electron chi connectivity index (χ0n) is 20.9. The highest BCUT2D eigenvalue weighted by molar-refractivity contribution is 7.95. The van der Waals surface area contributed by atoms with Crippen LogP contribution in [0.15, 0.2) is 57.9 Å². The smallest absolute Gasteiger partial charge is 0.305 e. The van der Waals surface area contributed by atoms with E-state index >= 15 is 0 Å². The molecule has 1 saturated carbocycles. The molecular formula is C28H40O6S. The Bertz CT molecular complexity index is 998. The second-order valence-corrected chi connectivity index (χ2v) is 11.8. The third-order valence-electron chi connectivity index (χ3n) is 7.46. The molecular weight excluding hydrogens is 464 g/mol. The number of carbonyl (C=O) groups excluding carboxylic acids is 1. The van der Waals surface area contributed by atoms with E-state index in [0.717, 1.165) is 24.8 Å². The standard InChI is InChI=1S/C28H40O6S/c1-3-4-6-12-21(29)16-17-23-24-18-20(11-9-10-15-27(31)34-2)28(25(24)19-26(23)30)35(32,33)22-13-7-5-8-14-22/h5,7-8,13-14,16-17,21,23-26,29-30H,3-4,6,9-12,15,18-19H2,1-2H3/b17-16+/t21-,23-,24-,25-,26+/m0/s1. The van der Waals surface area contributed by atoms with Crippen LogP contribution < -0.4 is 0 Å². The van der Waals surface area contributed by atoms with Gasteiger partial charge in [0.05, 0.1) is 29.1 Å². The molecule has 35 heavy (non-hydrogen) atoms. The fourth-order valence-corrected chi connectivity index (χ4v) is 7.66. The van der Waals surface area contributed by atoms with E-state index in [1.54, 1.807) is 36.4 Å². The molecule has 0 spiro atoms. The second-order valence-electron chi connectivity index (χ2n) is 9.87.